The Bertz CT molecular complexity index is 1100. The summed E-state index contributed by atoms with van der Waals surface area (Å²) in [5.74, 6) is 1.19. The first-order valence-corrected chi connectivity index (χ1v) is 10.0. The van der Waals surface area contributed by atoms with Crippen LogP contribution >= 0.6 is 0 Å². The molecule has 2 aromatic carbocycles. The number of hydrazone groups is 1. The van der Waals surface area contributed by atoms with Gasteiger partial charge in [0.1, 0.15) is 0 Å². The van der Waals surface area contributed by atoms with Crippen molar-refractivity contribution in [2.24, 2.45) is 5.10 Å². The summed E-state index contributed by atoms with van der Waals surface area (Å²) < 4.78 is 5.42. The number of hydrogen-bond acceptors (Lipinski definition) is 10. The second kappa shape index (κ2) is 9.79. The number of nitrogens with zero attached hydrogens (tertiary/aromatic N) is 6. The van der Waals surface area contributed by atoms with Gasteiger partial charge < -0.3 is 15.0 Å². The molecule has 0 unspecified atom stereocenters. The monoisotopic (exact) mass is 434 g/mol. The zero-order valence-electron chi connectivity index (χ0n) is 17.4. The largest absolute Gasteiger partial charge is 0.378 e. The Kier molecular flexibility index (Phi) is 6.46. The van der Waals surface area contributed by atoms with Crippen molar-refractivity contribution in [3.8, 4) is 0 Å². The minimum absolute atomic E-state index is 0.0266. The van der Waals surface area contributed by atoms with E-state index in [0.29, 0.717) is 43.9 Å². The summed E-state index contributed by atoms with van der Waals surface area (Å²) in [6.07, 6.45) is 0. The highest BCUT2D eigenvalue weighted by molar-refractivity contribution is 5.99. The Labute approximate surface area is 184 Å². The summed E-state index contributed by atoms with van der Waals surface area (Å²) in [4.78, 5) is 25.9. The number of nitro groups is 1. The van der Waals surface area contributed by atoms with Crippen molar-refractivity contribution in [2.75, 3.05) is 41.9 Å². The van der Waals surface area contributed by atoms with Crippen molar-refractivity contribution < 1.29 is 9.66 Å². The third-order valence-electron chi connectivity index (χ3n) is 4.77. The van der Waals surface area contributed by atoms with Crippen LogP contribution in [0.25, 0.3) is 0 Å². The average Bonchev–Trinajstić information content (AvgIpc) is 2.83. The van der Waals surface area contributed by atoms with Crippen LogP contribution in [0.2, 0.25) is 0 Å². The predicted molar refractivity (Wildman–Crippen MR) is 122 cm³/mol. The van der Waals surface area contributed by atoms with E-state index in [1.54, 1.807) is 19.1 Å². The van der Waals surface area contributed by atoms with Gasteiger partial charge in [0.2, 0.25) is 17.8 Å². The molecule has 0 bridgehead atoms. The molecule has 164 valence electrons. The van der Waals surface area contributed by atoms with Crippen LogP contribution in [0.3, 0.4) is 0 Å². The molecule has 0 radical (unpaired) electrons. The summed E-state index contributed by atoms with van der Waals surface area (Å²) in [6, 6.07) is 15.8. The second-order valence-corrected chi connectivity index (χ2v) is 6.99. The fourth-order valence-corrected chi connectivity index (χ4v) is 3.05. The summed E-state index contributed by atoms with van der Waals surface area (Å²) in [7, 11) is 0. The number of non-ortho nitro benzene ring substituents is 1. The third kappa shape index (κ3) is 5.32. The molecule has 0 atom stereocenters. The number of ether oxygens (including phenoxy) is 1. The molecule has 11 heteroatoms. The van der Waals surface area contributed by atoms with E-state index in [2.05, 4.69) is 30.8 Å². The molecule has 1 saturated heterocycles. The number of aromatic nitrogens is 3. The lowest BCUT2D eigenvalue weighted by molar-refractivity contribution is -0.384. The van der Waals surface area contributed by atoms with Gasteiger partial charge in [0.25, 0.3) is 5.69 Å². The Balaban J connectivity index is 1.57. The van der Waals surface area contributed by atoms with Gasteiger partial charge in [-0.25, -0.2) is 5.43 Å². The molecule has 1 fully saturated rings. The SMILES string of the molecule is C/C(=N\Nc1nc(Nc2ccccc2)nc(N2CCOCC2)n1)c1ccc([N+](=O)[O-])cc1. The Morgan fingerprint density at radius 2 is 1.72 bits per heavy atom. The molecular weight excluding hydrogens is 412 g/mol. The number of morpholine rings is 1. The van der Waals surface area contributed by atoms with Gasteiger partial charge in [-0.05, 0) is 36.8 Å². The quantitative estimate of drug-likeness (QED) is 0.327. The number of anilines is 4. The Morgan fingerprint density at radius 1 is 1.03 bits per heavy atom. The molecule has 4 rings (SSSR count). The summed E-state index contributed by atoms with van der Waals surface area (Å²) in [5.41, 5.74) is 5.13. The topological polar surface area (TPSA) is 131 Å². The molecule has 0 spiro atoms. The minimum atomic E-state index is -0.437. The van der Waals surface area contributed by atoms with E-state index in [1.807, 2.05) is 35.2 Å². The lowest BCUT2D eigenvalue weighted by atomic mass is 10.1. The molecule has 11 nitrogen and oxygen atoms in total. The van der Waals surface area contributed by atoms with Crippen LogP contribution in [0.1, 0.15) is 12.5 Å². The Morgan fingerprint density at radius 3 is 2.41 bits per heavy atom. The van der Waals surface area contributed by atoms with Crippen molar-refractivity contribution >= 4 is 34.9 Å². The number of nitro benzene ring substituents is 1. The average molecular weight is 434 g/mol. The maximum absolute atomic E-state index is 10.8. The van der Waals surface area contributed by atoms with Gasteiger partial charge in [0.15, 0.2) is 0 Å². The molecule has 0 aliphatic carbocycles. The number of para-hydroxylation sites is 1. The summed E-state index contributed by atoms with van der Waals surface area (Å²) >= 11 is 0. The molecular formula is C21H22N8O3. The fraction of sp³-hybridized carbons (Fsp3) is 0.238. The van der Waals surface area contributed by atoms with E-state index in [1.165, 1.54) is 12.1 Å². The fourth-order valence-electron chi connectivity index (χ4n) is 3.05. The van der Waals surface area contributed by atoms with Crippen LogP contribution in [0.4, 0.5) is 29.2 Å². The number of nitrogens with one attached hydrogen (secondary N) is 2. The van der Waals surface area contributed by atoms with E-state index < -0.39 is 4.92 Å². The van der Waals surface area contributed by atoms with Crippen molar-refractivity contribution in [1.29, 1.82) is 0 Å². The van der Waals surface area contributed by atoms with Crippen LogP contribution in [0.15, 0.2) is 59.7 Å². The van der Waals surface area contributed by atoms with Crippen molar-refractivity contribution in [3.63, 3.8) is 0 Å². The smallest absolute Gasteiger partial charge is 0.269 e. The van der Waals surface area contributed by atoms with Gasteiger partial charge in [-0.2, -0.15) is 20.1 Å². The lowest BCUT2D eigenvalue weighted by Gasteiger charge is -2.27. The van der Waals surface area contributed by atoms with Gasteiger partial charge in [-0.1, -0.05) is 18.2 Å². The molecule has 1 aliphatic heterocycles. The van der Waals surface area contributed by atoms with E-state index in [-0.39, 0.29) is 11.6 Å². The van der Waals surface area contributed by atoms with Gasteiger partial charge >= 0.3 is 0 Å². The lowest BCUT2D eigenvalue weighted by Crippen LogP contribution is -2.37. The molecule has 2 N–H and O–H groups in total. The highest BCUT2D eigenvalue weighted by Gasteiger charge is 2.17. The van der Waals surface area contributed by atoms with Crippen LogP contribution in [0, 0.1) is 10.1 Å². The predicted octanol–water partition coefficient (Wildman–Crippen LogP) is 3.20. The highest BCUT2D eigenvalue weighted by atomic mass is 16.6. The maximum atomic E-state index is 10.8. The van der Waals surface area contributed by atoms with Gasteiger partial charge in [-0.15, -0.1) is 0 Å². The molecule has 32 heavy (non-hydrogen) atoms. The first kappa shape index (κ1) is 21.1. The number of rotatable bonds is 7. The summed E-state index contributed by atoms with van der Waals surface area (Å²) in [6.45, 7) is 4.36. The van der Waals surface area contributed by atoms with Gasteiger partial charge in [0.05, 0.1) is 23.8 Å². The molecule has 0 amide bonds. The first-order valence-electron chi connectivity index (χ1n) is 10.0. The number of benzene rings is 2. The van der Waals surface area contributed by atoms with E-state index in [0.717, 1.165) is 11.3 Å². The van der Waals surface area contributed by atoms with Gasteiger partial charge in [-0.3, -0.25) is 10.1 Å². The number of hydrogen-bond donors (Lipinski definition) is 2. The highest BCUT2D eigenvalue weighted by Crippen LogP contribution is 2.19. The molecule has 3 aromatic rings. The van der Waals surface area contributed by atoms with Crippen molar-refractivity contribution in [1.82, 2.24) is 15.0 Å². The van der Waals surface area contributed by atoms with E-state index in [9.17, 15) is 10.1 Å². The van der Waals surface area contributed by atoms with E-state index >= 15 is 0 Å². The second-order valence-electron chi connectivity index (χ2n) is 6.99. The zero-order valence-corrected chi connectivity index (χ0v) is 17.4. The molecule has 1 aliphatic rings. The van der Waals surface area contributed by atoms with Crippen molar-refractivity contribution in [3.05, 3.63) is 70.3 Å². The van der Waals surface area contributed by atoms with Gasteiger partial charge in [0, 0.05) is 30.9 Å². The molecule has 1 aromatic heterocycles. The zero-order chi connectivity index (χ0) is 22.3. The van der Waals surface area contributed by atoms with Crippen LogP contribution in [0.5, 0.6) is 0 Å². The maximum Gasteiger partial charge on any atom is 0.269 e. The van der Waals surface area contributed by atoms with Crippen LogP contribution in [-0.4, -0.2) is 51.9 Å². The van der Waals surface area contributed by atoms with Crippen LogP contribution < -0.4 is 15.6 Å². The Hall–Kier alpha value is -4.12. The van der Waals surface area contributed by atoms with Crippen molar-refractivity contribution in [2.45, 2.75) is 6.92 Å². The normalized spacial score (nSPS) is 14.2. The third-order valence-corrected chi connectivity index (χ3v) is 4.77. The standard InChI is InChI=1S/C21H22N8O3/c1-15(16-7-9-18(10-8-16)29(30)31)26-27-20-23-19(22-17-5-3-2-4-6-17)24-21(25-20)28-11-13-32-14-12-28/h2-10H,11-14H2,1H3,(H2,22,23,24,25,27)/b26-15+. The summed E-state index contributed by atoms with van der Waals surface area (Å²) in [5, 5.41) is 18.4. The minimum Gasteiger partial charge on any atom is -0.378 e. The van der Waals surface area contributed by atoms with Crippen LogP contribution in [-0.2, 0) is 4.74 Å². The molecule has 0 saturated carbocycles. The molecule has 2 heterocycles. The first-order chi connectivity index (χ1) is 15.6. The van der Waals surface area contributed by atoms with E-state index in [4.69, 9.17) is 4.74 Å².